The molecule has 0 saturated heterocycles. The molecule has 1 rings (SSSR count). The number of halogens is 5. The first-order valence-electron chi connectivity index (χ1n) is 4.77. The Morgan fingerprint density at radius 1 is 1.32 bits per heavy atom. The molecule has 0 aliphatic carbocycles. The SMILES string of the molecule is Nc1cc(Cl)c(Cl)c(C(=O)OCOCC(F)(F)F)c1. The molecular weight excluding hydrogens is 310 g/mol. The van der Waals surface area contributed by atoms with Crippen molar-refractivity contribution < 1.29 is 27.4 Å². The van der Waals surface area contributed by atoms with E-state index in [1.807, 2.05) is 0 Å². The third kappa shape index (κ3) is 5.14. The van der Waals surface area contributed by atoms with Gasteiger partial charge < -0.3 is 15.2 Å². The summed E-state index contributed by atoms with van der Waals surface area (Å²) in [7, 11) is 0. The Morgan fingerprint density at radius 3 is 2.53 bits per heavy atom. The lowest BCUT2D eigenvalue weighted by Crippen LogP contribution is -2.19. The van der Waals surface area contributed by atoms with Crippen molar-refractivity contribution in [2.45, 2.75) is 6.18 Å². The van der Waals surface area contributed by atoms with E-state index in [0.29, 0.717) is 0 Å². The smallest absolute Gasteiger partial charge is 0.411 e. The minimum absolute atomic E-state index is 0.0322. The van der Waals surface area contributed by atoms with Gasteiger partial charge in [0.15, 0.2) is 6.79 Å². The van der Waals surface area contributed by atoms with Crippen LogP contribution >= 0.6 is 23.2 Å². The number of hydrogen-bond donors (Lipinski definition) is 1. The first-order valence-corrected chi connectivity index (χ1v) is 5.52. The predicted molar refractivity (Wildman–Crippen MR) is 63.2 cm³/mol. The fraction of sp³-hybridized carbons (Fsp3) is 0.300. The van der Waals surface area contributed by atoms with Crippen LogP contribution in [-0.2, 0) is 9.47 Å². The van der Waals surface area contributed by atoms with Crippen molar-refractivity contribution in [3.05, 3.63) is 27.7 Å². The van der Waals surface area contributed by atoms with E-state index in [2.05, 4.69) is 9.47 Å². The monoisotopic (exact) mass is 317 g/mol. The van der Waals surface area contributed by atoms with E-state index in [-0.39, 0.29) is 21.3 Å². The van der Waals surface area contributed by atoms with E-state index in [9.17, 15) is 18.0 Å². The van der Waals surface area contributed by atoms with Gasteiger partial charge in [-0.05, 0) is 12.1 Å². The molecule has 106 valence electrons. The molecule has 0 heterocycles. The van der Waals surface area contributed by atoms with Gasteiger partial charge in [-0.2, -0.15) is 13.2 Å². The van der Waals surface area contributed by atoms with Crippen molar-refractivity contribution in [3.8, 4) is 0 Å². The van der Waals surface area contributed by atoms with Gasteiger partial charge in [0.25, 0.3) is 0 Å². The van der Waals surface area contributed by atoms with Crippen LogP contribution in [0.25, 0.3) is 0 Å². The molecule has 2 N–H and O–H groups in total. The average molecular weight is 318 g/mol. The zero-order chi connectivity index (χ0) is 14.6. The molecule has 0 aromatic heterocycles. The maximum Gasteiger partial charge on any atom is 0.411 e. The van der Waals surface area contributed by atoms with Gasteiger partial charge in [-0.15, -0.1) is 0 Å². The van der Waals surface area contributed by atoms with Gasteiger partial charge in [-0.25, -0.2) is 4.79 Å². The van der Waals surface area contributed by atoms with Gasteiger partial charge in [0, 0.05) is 5.69 Å². The molecule has 0 saturated carbocycles. The number of nitrogens with two attached hydrogens (primary N) is 1. The minimum Gasteiger partial charge on any atom is -0.435 e. The van der Waals surface area contributed by atoms with Crippen LogP contribution in [0.15, 0.2) is 12.1 Å². The molecule has 0 bridgehead atoms. The van der Waals surface area contributed by atoms with Crippen molar-refractivity contribution in [3.63, 3.8) is 0 Å². The molecule has 0 spiro atoms. The van der Waals surface area contributed by atoms with E-state index >= 15 is 0 Å². The normalized spacial score (nSPS) is 11.4. The highest BCUT2D eigenvalue weighted by Crippen LogP contribution is 2.29. The van der Waals surface area contributed by atoms with Crippen LogP contribution < -0.4 is 5.73 Å². The minimum atomic E-state index is -4.50. The first kappa shape index (κ1) is 15.9. The van der Waals surface area contributed by atoms with E-state index in [4.69, 9.17) is 28.9 Å². The Bertz CT molecular complexity index is 480. The van der Waals surface area contributed by atoms with Crippen LogP contribution in [-0.4, -0.2) is 25.5 Å². The number of rotatable bonds is 4. The Labute approximate surface area is 116 Å². The molecule has 0 atom stereocenters. The van der Waals surface area contributed by atoms with E-state index < -0.39 is 25.5 Å². The lowest BCUT2D eigenvalue weighted by atomic mass is 10.2. The number of carbonyl (C=O) groups is 1. The summed E-state index contributed by atoms with van der Waals surface area (Å²) in [4.78, 5) is 11.5. The van der Waals surface area contributed by atoms with E-state index in [1.54, 1.807) is 0 Å². The summed E-state index contributed by atoms with van der Waals surface area (Å²) in [6.45, 7) is -2.38. The van der Waals surface area contributed by atoms with Crippen molar-refractivity contribution >= 4 is 34.9 Å². The van der Waals surface area contributed by atoms with E-state index in [0.717, 1.165) is 0 Å². The molecular formula is C10H8Cl2F3NO3. The topological polar surface area (TPSA) is 61.6 Å². The van der Waals surface area contributed by atoms with Gasteiger partial charge in [-0.1, -0.05) is 23.2 Å². The van der Waals surface area contributed by atoms with Crippen LogP contribution in [0, 0.1) is 0 Å². The summed E-state index contributed by atoms with van der Waals surface area (Å²) < 4.78 is 43.8. The first-order chi connectivity index (χ1) is 8.70. The molecule has 0 amide bonds. The molecule has 0 aliphatic heterocycles. The van der Waals surface area contributed by atoms with Crippen molar-refractivity contribution in [1.82, 2.24) is 0 Å². The molecule has 19 heavy (non-hydrogen) atoms. The zero-order valence-corrected chi connectivity index (χ0v) is 10.8. The number of anilines is 1. The van der Waals surface area contributed by atoms with Crippen LogP contribution in [0.3, 0.4) is 0 Å². The highest BCUT2D eigenvalue weighted by molar-refractivity contribution is 6.44. The molecule has 0 aliphatic rings. The summed E-state index contributed by atoms with van der Waals surface area (Å²) in [5.41, 5.74) is 5.46. The zero-order valence-electron chi connectivity index (χ0n) is 9.26. The second kappa shape index (κ2) is 6.31. The number of benzene rings is 1. The van der Waals surface area contributed by atoms with Gasteiger partial charge >= 0.3 is 12.1 Å². The Hall–Kier alpha value is -1.18. The highest BCUT2D eigenvalue weighted by Gasteiger charge is 2.27. The third-order valence-electron chi connectivity index (χ3n) is 1.81. The van der Waals surface area contributed by atoms with Crippen molar-refractivity contribution in [2.75, 3.05) is 19.1 Å². The number of carbonyl (C=O) groups excluding carboxylic acids is 1. The summed E-state index contributed by atoms with van der Waals surface area (Å²) >= 11 is 11.4. The number of esters is 1. The summed E-state index contributed by atoms with van der Waals surface area (Å²) in [5.74, 6) is -0.985. The number of nitrogen functional groups attached to an aromatic ring is 1. The highest BCUT2D eigenvalue weighted by atomic mass is 35.5. The van der Waals surface area contributed by atoms with Gasteiger partial charge in [-0.3, -0.25) is 0 Å². The summed E-state index contributed by atoms with van der Waals surface area (Å²) in [6.07, 6.45) is -4.50. The third-order valence-corrected chi connectivity index (χ3v) is 2.61. The fourth-order valence-corrected chi connectivity index (χ4v) is 1.50. The van der Waals surface area contributed by atoms with E-state index in [1.165, 1.54) is 12.1 Å². The Kier molecular flexibility index (Phi) is 5.28. The fourth-order valence-electron chi connectivity index (χ4n) is 1.09. The van der Waals surface area contributed by atoms with Crippen molar-refractivity contribution in [2.24, 2.45) is 0 Å². The standard InChI is InChI=1S/C10H8Cl2F3NO3/c11-7-2-5(16)1-6(8(7)12)9(17)19-4-18-3-10(13,14)15/h1-2H,3-4,16H2. The van der Waals surface area contributed by atoms with Crippen molar-refractivity contribution in [1.29, 1.82) is 0 Å². The van der Waals surface area contributed by atoms with Crippen LogP contribution in [0.5, 0.6) is 0 Å². The van der Waals surface area contributed by atoms with Crippen LogP contribution in [0.4, 0.5) is 18.9 Å². The number of hydrogen-bond acceptors (Lipinski definition) is 4. The van der Waals surface area contributed by atoms with Gasteiger partial charge in [0.2, 0.25) is 0 Å². The summed E-state index contributed by atoms with van der Waals surface area (Å²) in [5, 5.41) is -0.0680. The molecule has 9 heteroatoms. The van der Waals surface area contributed by atoms with Gasteiger partial charge in [0.1, 0.15) is 6.61 Å². The quantitative estimate of drug-likeness (QED) is 0.401. The molecule has 0 unspecified atom stereocenters. The molecule has 1 aromatic carbocycles. The summed E-state index contributed by atoms with van der Waals surface area (Å²) in [6, 6.07) is 2.52. The molecule has 0 radical (unpaired) electrons. The second-order valence-electron chi connectivity index (χ2n) is 3.38. The number of alkyl halides is 3. The molecule has 0 fully saturated rings. The second-order valence-corrected chi connectivity index (χ2v) is 4.16. The van der Waals surface area contributed by atoms with Gasteiger partial charge in [0.05, 0.1) is 15.6 Å². The lowest BCUT2D eigenvalue weighted by molar-refractivity contribution is -0.190. The lowest BCUT2D eigenvalue weighted by Gasteiger charge is -2.10. The predicted octanol–water partition coefficient (Wildman–Crippen LogP) is 3.27. The van der Waals surface area contributed by atoms with Crippen LogP contribution in [0.2, 0.25) is 10.0 Å². The number of ether oxygens (including phenoxy) is 2. The largest absolute Gasteiger partial charge is 0.435 e. The Morgan fingerprint density at radius 2 is 1.95 bits per heavy atom. The van der Waals surface area contributed by atoms with Crippen LogP contribution in [0.1, 0.15) is 10.4 Å². The average Bonchev–Trinajstić information content (AvgIpc) is 2.27. The maximum absolute atomic E-state index is 11.8. The molecule has 1 aromatic rings. The maximum atomic E-state index is 11.8. The Balaban J connectivity index is 2.60. The molecule has 4 nitrogen and oxygen atoms in total.